The summed E-state index contributed by atoms with van der Waals surface area (Å²) in [6, 6.07) is 20.7. The molecule has 3 nitrogen and oxygen atoms in total. The van der Waals surface area contributed by atoms with E-state index in [9.17, 15) is 9.18 Å². The lowest BCUT2D eigenvalue weighted by Crippen LogP contribution is -2.26. The summed E-state index contributed by atoms with van der Waals surface area (Å²) in [6.07, 6.45) is -0.0254. The van der Waals surface area contributed by atoms with Gasteiger partial charge in [-0.25, -0.2) is 9.18 Å². The second-order valence-electron chi connectivity index (χ2n) is 6.93. The zero-order valence-electron chi connectivity index (χ0n) is 16.1. The highest BCUT2D eigenvalue weighted by Crippen LogP contribution is 2.44. The van der Waals surface area contributed by atoms with Gasteiger partial charge in [-0.2, -0.15) is 0 Å². The molecular formula is C25H19ClFNO2. The Bertz CT molecular complexity index is 1100. The SMILES string of the molecule is O=C(NCCC#Cc1ccc(F)c(Cl)c1)OCC1c2ccccc2-c2ccccc21. The molecular weight excluding hydrogens is 401 g/mol. The van der Waals surface area contributed by atoms with E-state index >= 15 is 0 Å². The van der Waals surface area contributed by atoms with E-state index in [4.69, 9.17) is 16.3 Å². The lowest BCUT2D eigenvalue weighted by atomic mass is 9.98. The maximum Gasteiger partial charge on any atom is 0.407 e. The van der Waals surface area contributed by atoms with E-state index < -0.39 is 11.9 Å². The summed E-state index contributed by atoms with van der Waals surface area (Å²) >= 11 is 5.73. The van der Waals surface area contributed by atoms with Gasteiger partial charge in [0, 0.05) is 24.4 Å². The van der Waals surface area contributed by atoms with E-state index in [1.165, 1.54) is 34.4 Å². The molecule has 0 aromatic heterocycles. The normalized spacial score (nSPS) is 11.8. The number of ether oxygens (including phenoxy) is 1. The van der Waals surface area contributed by atoms with Gasteiger partial charge in [-0.05, 0) is 40.5 Å². The van der Waals surface area contributed by atoms with Crippen LogP contribution in [0.1, 0.15) is 29.0 Å². The van der Waals surface area contributed by atoms with Gasteiger partial charge in [0.05, 0.1) is 5.02 Å². The van der Waals surface area contributed by atoms with Crippen LogP contribution in [0, 0.1) is 17.7 Å². The van der Waals surface area contributed by atoms with E-state index in [0.717, 1.165) is 0 Å². The van der Waals surface area contributed by atoms with E-state index in [0.29, 0.717) is 18.5 Å². The lowest BCUT2D eigenvalue weighted by molar-refractivity contribution is 0.143. The lowest BCUT2D eigenvalue weighted by Gasteiger charge is -2.14. The summed E-state index contributed by atoms with van der Waals surface area (Å²) in [5.41, 5.74) is 5.37. The van der Waals surface area contributed by atoms with Gasteiger partial charge in [0.25, 0.3) is 0 Å². The van der Waals surface area contributed by atoms with Crippen LogP contribution in [-0.2, 0) is 4.74 Å². The van der Waals surface area contributed by atoms with Gasteiger partial charge in [0.15, 0.2) is 0 Å². The highest BCUT2D eigenvalue weighted by Gasteiger charge is 2.28. The molecule has 1 aliphatic rings. The number of hydrogen-bond donors (Lipinski definition) is 1. The molecule has 3 aromatic rings. The van der Waals surface area contributed by atoms with Crippen molar-refractivity contribution in [2.24, 2.45) is 0 Å². The molecule has 0 saturated carbocycles. The fraction of sp³-hybridized carbons (Fsp3) is 0.160. The van der Waals surface area contributed by atoms with Crippen molar-refractivity contribution in [3.63, 3.8) is 0 Å². The summed E-state index contributed by atoms with van der Waals surface area (Å²) in [5.74, 6) is 5.38. The summed E-state index contributed by atoms with van der Waals surface area (Å²) in [7, 11) is 0. The van der Waals surface area contributed by atoms with Crippen molar-refractivity contribution >= 4 is 17.7 Å². The van der Waals surface area contributed by atoms with Crippen LogP contribution in [0.5, 0.6) is 0 Å². The Hall–Kier alpha value is -3.29. The molecule has 0 atom stereocenters. The number of hydrogen-bond acceptors (Lipinski definition) is 2. The number of carbonyl (C=O) groups excluding carboxylic acids is 1. The number of alkyl carbamates (subject to hydrolysis) is 1. The molecule has 4 rings (SSSR count). The number of carbonyl (C=O) groups is 1. The van der Waals surface area contributed by atoms with Crippen molar-refractivity contribution in [2.45, 2.75) is 12.3 Å². The van der Waals surface area contributed by atoms with Crippen molar-refractivity contribution in [2.75, 3.05) is 13.2 Å². The first-order valence-electron chi connectivity index (χ1n) is 9.66. The highest BCUT2D eigenvalue weighted by atomic mass is 35.5. The van der Waals surface area contributed by atoms with Crippen LogP contribution in [0.25, 0.3) is 11.1 Å². The Morgan fingerprint density at radius 3 is 2.37 bits per heavy atom. The fourth-order valence-electron chi connectivity index (χ4n) is 3.61. The molecule has 150 valence electrons. The van der Waals surface area contributed by atoms with E-state index in [1.54, 1.807) is 6.07 Å². The Balaban J connectivity index is 1.29. The zero-order valence-corrected chi connectivity index (χ0v) is 16.9. The third-order valence-electron chi connectivity index (χ3n) is 5.02. The first-order valence-corrected chi connectivity index (χ1v) is 10.0. The van der Waals surface area contributed by atoms with E-state index in [-0.39, 0.29) is 17.5 Å². The third-order valence-corrected chi connectivity index (χ3v) is 5.30. The molecule has 0 heterocycles. The first-order chi connectivity index (χ1) is 14.6. The molecule has 30 heavy (non-hydrogen) atoms. The topological polar surface area (TPSA) is 38.3 Å². The van der Waals surface area contributed by atoms with Crippen molar-refractivity contribution in [3.05, 3.63) is 94.3 Å². The molecule has 0 fully saturated rings. The van der Waals surface area contributed by atoms with Crippen molar-refractivity contribution in [1.29, 1.82) is 0 Å². The molecule has 0 saturated heterocycles. The van der Waals surface area contributed by atoms with Crippen LogP contribution in [0.15, 0.2) is 66.7 Å². The van der Waals surface area contributed by atoms with Crippen LogP contribution in [0.2, 0.25) is 5.02 Å². The molecule has 0 spiro atoms. The summed E-state index contributed by atoms with van der Waals surface area (Å²) in [4.78, 5) is 12.1. The molecule has 3 aromatic carbocycles. The molecule has 0 unspecified atom stereocenters. The summed E-state index contributed by atoms with van der Waals surface area (Å²) < 4.78 is 18.6. The average molecular weight is 420 g/mol. The number of fused-ring (bicyclic) bond motifs is 3. The number of rotatable bonds is 4. The van der Waals surface area contributed by atoms with Crippen LogP contribution in [0.4, 0.5) is 9.18 Å². The first kappa shape index (κ1) is 20.0. The predicted molar refractivity (Wildman–Crippen MR) is 116 cm³/mol. The third kappa shape index (κ3) is 4.32. The molecule has 0 aliphatic heterocycles. The maximum absolute atomic E-state index is 13.1. The van der Waals surface area contributed by atoms with Gasteiger partial charge in [-0.3, -0.25) is 0 Å². The molecule has 1 aliphatic carbocycles. The van der Waals surface area contributed by atoms with Crippen molar-refractivity contribution in [1.82, 2.24) is 5.32 Å². The van der Waals surface area contributed by atoms with Crippen LogP contribution in [0.3, 0.4) is 0 Å². The van der Waals surface area contributed by atoms with Gasteiger partial charge in [0.2, 0.25) is 0 Å². The Labute approximate surface area is 179 Å². The van der Waals surface area contributed by atoms with Crippen LogP contribution in [-0.4, -0.2) is 19.2 Å². The van der Waals surface area contributed by atoms with Gasteiger partial charge in [-0.1, -0.05) is 72.0 Å². The zero-order chi connectivity index (χ0) is 20.9. The largest absolute Gasteiger partial charge is 0.449 e. The minimum atomic E-state index is -0.473. The second kappa shape index (κ2) is 9.02. The quantitative estimate of drug-likeness (QED) is 0.431. The Kier molecular flexibility index (Phi) is 6.02. The monoisotopic (exact) mass is 419 g/mol. The molecule has 0 bridgehead atoms. The van der Waals surface area contributed by atoms with Crippen molar-refractivity contribution in [3.8, 4) is 23.0 Å². The maximum atomic E-state index is 13.1. The predicted octanol–water partition coefficient (Wildman–Crippen LogP) is 5.76. The number of halogens is 2. The molecule has 1 amide bonds. The number of benzene rings is 3. The van der Waals surface area contributed by atoms with E-state index in [1.807, 2.05) is 24.3 Å². The average Bonchev–Trinajstić information content (AvgIpc) is 3.08. The summed E-state index contributed by atoms with van der Waals surface area (Å²) in [5, 5.41) is 2.75. The smallest absolute Gasteiger partial charge is 0.407 e. The molecule has 5 heteroatoms. The Morgan fingerprint density at radius 1 is 1.03 bits per heavy atom. The van der Waals surface area contributed by atoms with Crippen LogP contribution >= 0.6 is 11.6 Å². The summed E-state index contributed by atoms with van der Waals surface area (Å²) in [6.45, 7) is 0.637. The van der Waals surface area contributed by atoms with Crippen molar-refractivity contribution < 1.29 is 13.9 Å². The van der Waals surface area contributed by atoms with Crippen LogP contribution < -0.4 is 5.32 Å². The van der Waals surface area contributed by atoms with E-state index in [2.05, 4.69) is 41.4 Å². The molecule has 0 radical (unpaired) electrons. The standard InChI is InChI=1S/C25H19ClFNO2/c26-23-15-17(12-13-24(23)27)7-5-6-14-28-25(29)30-16-22-20-10-3-1-8-18(20)19-9-2-4-11-21(19)22/h1-4,8-13,15,22H,6,14,16H2,(H,28,29). The number of nitrogens with one attached hydrogen (secondary N) is 1. The second-order valence-corrected chi connectivity index (χ2v) is 7.34. The minimum absolute atomic E-state index is 0.0335. The number of amides is 1. The highest BCUT2D eigenvalue weighted by molar-refractivity contribution is 6.30. The Morgan fingerprint density at radius 2 is 1.70 bits per heavy atom. The molecule has 1 N–H and O–H groups in total. The van der Waals surface area contributed by atoms with Gasteiger partial charge >= 0.3 is 6.09 Å². The van der Waals surface area contributed by atoms with Gasteiger partial charge in [0.1, 0.15) is 12.4 Å². The van der Waals surface area contributed by atoms with Gasteiger partial charge in [-0.15, -0.1) is 0 Å². The minimum Gasteiger partial charge on any atom is -0.449 e. The fourth-order valence-corrected chi connectivity index (χ4v) is 3.80. The van der Waals surface area contributed by atoms with Gasteiger partial charge < -0.3 is 10.1 Å².